The van der Waals surface area contributed by atoms with Gasteiger partial charge in [-0.15, -0.1) is 0 Å². The number of hydrogen-bond donors (Lipinski definition) is 2. The summed E-state index contributed by atoms with van der Waals surface area (Å²) in [6.45, 7) is 0. The molecule has 0 saturated heterocycles. The van der Waals surface area contributed by atoms with Crippen molar-refractivity contribution in [3.8, 4) is 6.07 Å². The van der Waals surface area contributed by atoms with Crippen LogP contribution in [-0.4, -0.2) is 10.9 Å². The fourth-order valence-corrected chi connectivity index (χ4v) is 2.54. The zero-order chi connectivity index (χ0) is 18.5. The molecule has 0 bridgehead atoms. The van der Waals surface area contributed by atoms with Gasteiger partial charge in [-0.05, 0) is 54.6 Å². The van der Waals surface area contributed by atoms with E-state index < -0.39 is 0 Å². The van der Waals surface area contributed by atoms with Gasteiger partial charge in [0.15, 0.2) is 0 Å². The molecule has 0 fully saturated rings. The maximum atomic E-state index is 12.4. The molecule has 0 aliphatic carbocycles. The molecule has 0 unspecified atom stereocenters. The highest BCUT2D eigenvalue weighted by Gasteiger charge is 2.10. The summed E-state index contributed by atoms with van der Waals surface area (Å²) in [4.78, 5) is 16.5. The molecule has 0 spiro atoms. The zero-order valence-corrected chi connectivity index (χ0v) is 14.8. The topological polar surface area (TPSA) is 77.8 Å². The number of amides is 1. The molecule has 0 aliphatic heterocycles. The Morgan fingerprint density at radius 1 is 1.00 bits per heavy atom. The van der Waals surface area contributed by atoms with E-state index in [9.17, 15) is 4.79 Å². The molecule has 1 aromatic heterocycles. The summed E-state index contributed by atoms with van der Waals surface area (Å²) in [5.74, 6) is -0.365. The first kappa shape index (κ1) is 17.7. The average molecular weight is 383 g/mol. The van der Waals surface area contributed by atoms with Crippen LogP contribution in [0.2, 0.25) is 10.0 Å². The lowest BCUT2D eigenvalue weighted by atomic mass is 10.2. The standard InChI is InChI=1S/C19H12Cl2N4O/c20-13-3-6-16(21)17(9-13)24-15-7-8-23-18(10-15)19(26)25-14-4-1-12(11-22)2-5-14/h1-10H,(H,23,24)(H,25,26). The van der Waals surface area contributed by atoms with Crippen molar-refractivity contribution in [3.05, 3.63) is 82.1 Å². The van der Waals surface area contributed by atoms with Gasteiger partial charge in [0.25, 0.3) is 5.91 Å². The number of rotatable bonds is 4. The van der Waals surface area contributed by atoms with Gasteiger partial charge in [-0.3, -0.25) is 9.78 Å². The second-order valence-electron chi connectivity index (χ2n) is 5.32. The highest BCUT2D eigenvalue weighted by atomic mass is 35.5. The monoisotopic (exact) mass is 382 g/mol. The maximum Gasteiger partial charge on any atom is 0.274 e. The highest BCUT2D eigenvalue weighted by molar-refractivity contribution is 6.35. The molecule has 3 rings (SSSR count). The van der Waals surface area contributed by atoms with Gasteiger partial charge < -0.3 is 10.6 Å². The fraction of sp³-hybridized carbons (Fsp3) is 0. The highest BCUT2D eigenvalue weighted by Crippen LogP contribution is 2.28. The van der Waals surface area contributed by atoms with E-state index in [-0.39, 0.29) is 11.6 Å². The summed E-state index contributed by atoms with van der Waals surface area (Å²) in [7, 11) is 0. The Balaban J connectivity index is 1.76. The van der Waals surface area contributed by atoms with Crippen LogP contribution < -0.4 is 10.6 Å². The second kappa shape index (κ2) is 7.87. The smallest absolute Gasteiger partial charge is 0.274 e. The van der Waals surface area contributed by atoms with Gasteiger partial charge in [0.05, 0.1) is 22.3 Å². The van der Waals surface area contributed by atoms with Crippen LogP contribution in [0.25, 0.3) is 0 Å². The molecular formula is C19H12Cl2N4O. The molecule has 26 heavy (non-hydrogen) atoms. The summed E-state index contributed by atoms with van der Waals surface area (Å²) in [6, 6.07) is 17.0. The van der Waals surface area contributed by atoms with Crippen molar-refractivity contribution in [2.24, 2.45) is 0 Å². The molecule has 0 radical (unpaired) electrons. The van der Waals surface area contributed by atoms with Gasteiger partial charge in [-0.25, -0.2) is 0 Å². The number of carbonyl (C=O) groups excluding carboxylic acids is 1. The van der Waals surface area contributed by atoms with Crippen molar-refractivity contribution in [3.63, 3.8) is 0 Å². The normalized spacial score (nSPS) is 10.0. The maximum absolute atomic E-state index is 12.4. The lowest BCUT2D eigenvalue weighted by Gasteiger charge is -2.10. The van der Waals surface area contributed by atoms with Gasteiger partial charge in [-0.2, -0.15) is 5.26 Å². The number of pyridine rings is 1. The molecule has 7 heteroatoms. The van der Waals surface area contributed by atoms with E-state index in [1.165, 1.54) is 6.20 Å². The number of nitrogens with one attached hydrogen (secondary N) is 2. The fourth-order valence-electron chi connectivity index (χ4n) is 2.20. The number of carbonyl (C=O) groups is 1. The molecule has 0 saturated carbocycles. The van der Waals surface area contributed by atoms with E-state index in [0.29, 0.717) is 32.7 Å². The third-order valence-electron chi connectivity index (χ3n) is 3.47. The van der Waals surface area contributed by atoms with E-state index >= 15 is 0 Å². The van der Waals surface area contributed by atoms with Gasteiger partial charge in [0.2, 0.25) is 0 Å². The Kier molecular flexibility index (Phi) is 5.37. The number of aromatic nitrogens is 1. The summed E-state index contributed by atoms with van der Waals surface area (Å²) < 4.78 is 0. The van der Waals surface area contributed by atoms with E-state index in [4.69, 9.17) is 28.5 Å². The van der Waals surface area contributed by atoms with Crippen molar-refractivity contribution in [2.45, 2.75) is 0 Å². The molecule has 3 aromatic rings. The third kappa shape index (κ3) is 4.31. The average Bonchev–Trinajstić information content (AvgIpc) is 2.65. The van der Waals surface area contributed by atoms with E-state index in [1.807, 2.05) is 6.07 Å². The van der Waals surface area contributed by atoms with E-state index in [1.54, 1.807) is 54.6 Å². The van der Waals surface area contributed by atoms with Gasteiger partial charge in [0, 0.05) is 22.6 Å². The summed E-state index contributed by atoms with van der Waals surface area (Å²) in [6.07, 6.45) is 1.52. The van der Waals surface area contributed by atoms with Crippen LogP contribution >= 0.6 is 23.2 Å². The van der Waals surface area contributed by atoms with Crippen molar-refractivity contribution in [2.75, 3.05) is 10.6 Å². The van der Waals surface area contributed by atoms with Crippen LogP contribution in [0.5, 0.6) is 0 Å². The zero-order valence-electron chi connectivity index (χ0n) is 13.3. The van der Waals surface area contributed by atoms with Crippen LogP contribution in [0, 0.1) is 11.3 Å². The minimum Gasteiger partial charge on any atom is -0.354 e. The van der Waals surface area contributed by atoms with Crippen LogP contribution in [0.4, 0.5) is 17.1 Å². The summed E-state index contributed by atoms with van der Waals surface area (Å²) in [5, 5.41) is 15.7. The molecule has 128 valence electrons. The Bertz CT molecular complexity index is 997. The number of nitriles is 1. The van der Waals surface area contributed by atoms with Crippen molar-refractivity contribution in [1.82, 2.24) is 4.98 Å². The largest absolute Gasteiger partial charge is 0.354 e. The number of halogens is 2. The Labute approximate surface area is 160 Å². The molecule has 1 heterocycles. The van der Waals surface area contributed by atoms with E-state index in [2.05, 4.69) is 15.6 Å². The minimum atomic E-state index is -0.365. The summed E-state index contributed by atoms with van der Waals surface area (Å²) >= 11 is 12.1. The number of anilines is 3. The lowest BCUT2D eigenvalue weighted by molar-refractivity contribution is 0.102. The summed E-state index contributed by atoms with van der Waals surface area (Å²) in [5.41, 5.74) is 2.60. The first-order chi connectivity index (χ1) is 12.5. The lowest BCUT2D eigenvalue weighted by Crippen LogP contribution is -2.13. The van der Waals surface area contributed by atoms with Crippen LogP contribution in [0.3, 0.4) is 0 Å². The number of hydrogen-bond acceptors (Lipinski definition) is 4. The minimum absolute atomic E-state index is 0.234. The molecular weight excluding hydrogens is 371 g/mol. The molecule has 5 nitrogen and oxygen atoms in total. The van der Waals surface area contributed by atoms with Crippen molar-refractivity contribution < 1.29 is 4.79 Å². The first-order valence-electron chi connectivity index (χ1n) is 7.55. The second-order valence-corrected chi connectivity index (χ2v) is 6.17. The number of benzene rings is 2. The molecule has 1 amide bonds. The van der Waals surface area contributed by atoms with Crippen LogP contribution in [0.1, 0.15) is 16.1 Å². The molecule has 0 atom stereocenters. The Morgan fingerprint density at radius 2 is 1.77 bits per heavy atom. The third-order valence-corrected chi connectivity index (χ3v) is 4.04. The van der Waals surface area contributed by atoms with E-state index in [0.717, 1.165) is 0 Å². The SMILES string of the molecule is N#Cc1ccc(NC(=O)c2cc(Nc3cc(Cl)ccc3Cl)ccn2)cc1. The Morgan fingerprint density at radius 3 is 2.50 bits per heavy atom. The predicted octanol–water partition coefficient (Wildman–Crippen LogP) is 5.26. The van der Waals surface area contributed by atoms with Crippen molar-refractivity contribution >= 4 is 46.2 Å². The van der Waals surface area contributed by atoms with Gasteiger partial charge in [0.1, 0.15) is 5.69 Å². The molecule has 2 N–H and O–H groups in total. The van der Waals surface area contributed by atoms with Crippen LogP contribution in [-0.2, 0) is 0 Å². The molecule has 2 aromatic carbocycles. The van der Waals surface area contributed by atoms with Gasteiger partial charge >= 0.3 is 0 Å². The number of nitrogens with zero attached hydrogens (tertiary/aromatic N) is 2. The predicted molar refractivity (Wildman–Crippen MR) is 103 cm³/mol. The van der Waals surface area contributed by atoms with Crippen LogP contribution in [0.15, 0.2) is 60.8 Å². The first-order valence-corrected chi connectivity index (χ1v) is 8.30. The molecule has 0 aliphatic rings. The quantitative estimate of drug-likeness (QED) is 0.645. The van der Waals surface area contributed by atoms with Crippen molar-refractivity contribution in [1.29, 1.82) is 5.26 Å². The van der Waals surface area contributed by atoms with Gasteiger partial charge in [-0.1, -0.05) is 23.2 Å². The Hall–Kier alpha value is -3.07.